The lowest BCUT2D eigenvalue weighted by atomic mass is 9.88. The van der Waals surface area contributed by atoms with Crippen LogP contribution >= 0.6 is 0 Å². The predicted molar refractivity (Wildman–Crippen MR) is 71.5 cm³/mol. The van der Waals surface area contributed by atoms with Crippen molar-refractivity contribution < 1.29 is 4.74 Å². The van der Waals surface area contributed by atoms with Gasteiger partial charge in [0.1, 0.15) is 5.75 Å². The molecule has 3 nitrogen and oxygen atoms in total. The van der Waals surface area contributed by atoms with E-state index in [1.807, 2.05) is 12.1 Å². The normalized spacial score (nSPS) is 13.2. The first-order chi connectivity index (χ1) is 8.17. The third kappa shape index (κ3) is 2.15. The van der Waals surface area contributed by atoms with Gasteiger partial charge in [0, 0.05) is 23.0 Å². The topological polar surface area (TPSA) is 51.0 Å². The first-order valence-corrected chi connectivity index (χ1v) is 6.02. The van der Waals surface area contributed by atoms with Crippen molar-refractivity contribution in [3.63, 3.8) is 0 Å². The Morgan fingerprint density at radius 2 is 2.12 bits per heavy atom. The molecule has 1 aromatic heterocycles. The Kier molecular flexibility index (Phi) is 3.38. The number of methoxy groups -OCH3 is 1. The monoisotopic (exact) mass is 232 g/mol. The third-order valence-electron chi connectivity index (χ3n) is 3.38. The molecule has 92 valence electrons. The van der Waals surface area contributed by atoms with E-state index in [1.165, 1.54) is 10.9 Å². The molecule has 0 bridgehead atoms. The summed E-state index contributed by atoms with van der Waals surface area (Å²) in [5, 5.41) is 1.22. The van der Waals surface area contributed by atoms with Crippen molar-refractivity contribution in [3.05, 3.63) is 30.0 Å². The van der Waals surface area contributed by atoms with Crippen molar-refractivity contribution in [2.24, 2.45) is 11.7 Å². The van der Waals surface area contributed by atoms with Gasteiger partial charge in [0.15, 0.2) is 0 Å². The van der Waals surface area contributed by atoms with E-state index in [2.05, 4.69) is 31.1 Å². The molecule has 3 heteroatoms. The van der Waals surface area contributed by atoms with Crippen LogP contribution in [0.4, 0.5) is 0 Å². The first kappa shape index (κ1) is 12.0. The summed E-state index contributed by atoms with van der Waals surface area (Å²) in [7, 11) is 1.69. The molecule has 3 N–H and O–H groups in total. The number of H-pyrrole nitrogens is 1. The highest BCUT2D eigenvalue weighted by Gasteiger charge is 2.18. The zero-order valence-corrected chi connectivity index (χ0v) is 10.7. The minimum Gasteiger partial charge on any atom is -0.497 e. The molecular formula is C14H20N2O. The van der Waals surface area contributed by atoms with Crippen LogP contribution in [0.5, 0.6) is 5.75 Å². The molecule has 1 heterocycles. The van der Waals surface area contributed by atoms with Crippen LogP contribution in [0.3, 0.4) is 0 Å². The number of nitrogens with two attached hydrogens (primary N) is 1. The van der Waals surface area contributed by atoms with E-state index in [-0.39, 0.29) is 0 Å². The molecule has 1 unspecified atom stereocenters. The van der Waals surface area contributed by atoms with Crippen molar-refractivity contribution in [3.8, 4) is 5.75 Å². The van der Waals surface area contributed by atoms with Crippen molar-refractivity contribution in [2.75, 3.05) is 13.7 Å². The number of hydrogen-bond acceptors (Lipinski definition) is 2. The van der Waals surface area contributed by atoms with Gasteiger partial charge in [0.25, 0.3) is 0 Å². The van der Waals surface area contributed by atoms with Crippen molar-refractivity contribution in [2.45, 2.75) is 19.8 Å². The smallest absolute Gasteiger partial charge is 0.119 e. The zero-order valence-electron chi connectivity index (χ0n) is 10.7. The summed E-state index contributed by atoms with van der Waals surface area (Å²) >= 11 is 0. The van der Waals surface area contributed by atoms with Crippen molar-refractivity contribution in [1.82, 2.24) is 4.98 Å². The van der Waals surface area contributed by atoms with Gasteiger partial charge >= 0.3 is 0 Å². The Morgan fingerprint density at radius 1 is 1.35 bits per heavy atom. The highest BCUT2D eigenvalue weighted by Crippen LogP contribution is 2.32. The molecule has 0 aliphatic carbocycles. The van der Waals surface area contributed by atoms with Gasteiger partial charge in [0.05, 0.1) is 7.11 Å². The lowest BCUT2D eigenvalue weighted by Gasteiger charge is -2.18. The highest BCUT2D eigenvalue weighted by atomic mass is 16.5. The summed E-state index contributed by atoms with van der Waals surface area (Å²) in [5.41, 5.74) is 8.31. The lowest BCUT2D eigenvalue weighted by Crippen LogP contribution is -2.17. The number of aromatic nitrogens is 1. The number of aromatic amines is 1. The maximum absolute atomic E-state index is 5.88. The molecule has 0 aliphatic rings. The lowest BCUT2D eigenvalue weighted by molar-refractivity contribution is 0.415. The minimum absolute atomic E-state index is 0.385. The van der Waals surface area contributed by atoms with Crippen LogP contribution in [-0.2, 0) is 0 Å². The van der Waals surface area contributed by atoms with Crippen molar-refractivity contribution >= 4 is 10.9 Å². The van der Waals surface area contributed by atoms with Gasteiger partial charge in [-0.1, -0.05) is 13.8 Å². The molecule has 0 fully saturated rings. The van der Waals surface area contributed by atoms with Crippen LogP contribution in [0.15, 0.2) is 24.4 Å². The largest absolute Gasteiger partial charge is 0.497 e. The molecule has 0 saturated carbocycles. The van der Waals surface area contributed by atoms with E-state index < -0.39 is 0 Å². The molecule has 0 radical (unpaired) electrons. The summed E-state index contributed by atoms with van der Waals surface area (Å²) in [6, 6.07) is 6.09. The number of hydrogen-bond donors (Lipinski definition) is 2. The fourth-order valence-electron chi connectivity index (χ4n) is 2.31. The Morgan fingerprint density at radius 3 is 2.71 bits per heavy atom. The molecule has 0 saturated heterocycles. The van der Waals surface area contributed by atoms with E-state index in [1.54, 1.807) is 7.11 Å². The second-order valence-corrected chi connectivity index (χ2v) is 4.74. The third-order valence-corrected chi connectivity index (χ3v) is 3.38. The first-order valence-electron chi connectivity index (χ1n) is 6.02. The van der Waals surface area contributed by atoms with Gasteiger partial charge in [-0.25, -0.2) is 0 Å². The fraction of sp³-hybridized carbons (Fsp3) is 0.429. The van der Waals surface area contributed by atoms with E-state index in [9.17, 15) is 0 Å². The Balaban J connectivity index is 2.53. The molecule has 1 aromatic carbocycles. The maximum Gasteiger partial charge on any atom is 0.119 e. The van der Waals surface area contributed by atoms with Gasteiger partial charge in [-0.05, 0) is 36.2 Å². The molecule has 2 rings (SSSR count). The van der Waals surface area contributed by atoms with Crippen LogP contribution in [0.25, 0.3) is 10.9 Å². The van der Waals surface area contributed by atoms with E-state index in [0.717, 1.165) is 11.3 Å². The molecule has 2 aromatic rings. The molecule has 17 heavy (non-hydrogen) atoms. The average Bonchev–Trinajstić information content (AvgIpc) is 2.73. The second kappa shape index (κ2) is 4.80. The van der Waals surface area contributed by atoms with E-state index in [4.69, 9.17) is 10.5 Å². The Bertz CT molecular complexity index is 502. The molecular weight excluding hydrogens is 212 g/mol. The highest BCUT2D eigenvalue weighted by molar-refractivity contribution is 5.85. The number of rotatable bonds is 4. The number of fused-ring (bicyclic) bond motifs is 1. The van der Waals surface area contributed by atoms with E-state index in [0.29, 0.717) is 18.4 Å². The minimum atomic E-state index is 0.385. The fourth-order valence-corrected chi connectivity index (χ4v) is 2.31. The summed E-state index contributed by atoms with van der Waals surface area (Å²) in [4.78, 5) is 3.30. The van der Waals surface area contributed by atoms with E-state index >= 15 is 0 Å². The number of benzene rings is 1. The van der Waals surface area contributed by atoms with Crippen LogP contribution in [-0.4, -0.2) is 18.6 Å². The summed E-state index contributed by atoms with van der Waals surface area (Å²) < 4.78 is 5.28. The van der Waals surface area contributed by atoms with Crippen LogP contribution in [0, 0.1) is 5.92 Å². The molecule has 0 spiro atoms. The quantitative estimate of drug-likeness (QED) is 0.851. The standard InChI is InChI=1S/C14H20N2O/c1-9(2)12(7-15)13-8-16-14-5-4-10(17-3)6-11(13)14/h4-6,8-9,12,16H,7,15H2,1-3H3. The van der Waals surface area contributed by atoms with Crippen LogP contribution < -0.4 is 10.5 Å². The number of nitrogens with one attached hydrogen (secondary N) is 1. The Labute approximate surface area is 102 Å². The maximum atomic E-state index is 5.88. The van der Waals surface area contributed by atoms with Crippen molar-refractivity contribution in [1.29, 1.82) is 0 Å². The van der Waals surface area contributed by atoms with Gasteiger partial charge in [-0.2, -0.15) is 0 Å². The van der Waals surface area contributed by atoms with Gasteiger partial charge in [0.2, 0.25) is 0 Å². The number of ether oxygens (including phenoxy) is 1. The SMILES string of the molecule is COc1ccc2[nH]cc(C(CN)C(C)C)c2c1. The molecule has 0 aliphatic heterocycles. The van der Waals surface area contributed by atoms with Crippen LogP contribution in [0.2, 0.25) is 0 Å². The van der Waals surface area contributed by atoms with Crippen LogP contribution in [0.1, 0.15) is 25.3 Å². The molecule has 0 amide bonds. The molecule has 1 atom stereocenters. The summed E-state index contributed by atoms with van der Waals surface area (Å²) in [5.74, 6) is 1.80. The Hall–Kier alpha value is -1.48. The summed E-state index contributed by atoms with van der Waals surface area (Å²) in [6.45, 7) is 5.08. The van der Waals surface area contributed by atoms with Gasteiger partial charge in [-0.3, -0.25) is 0 Å². The summed E-state index contributed by atoms with van der Waals surface area (Å²) in [6.07, 6.45) is 2.07. The van der Waals surface area contributed by atoms with Gasteiger partial charge < -0.3 is 15.5 Å². The average molecular weight is 232 g/mol. The predicted octanol–water partition coefficient (Wildman–Crippen LogP) is 2.87. The zero-order chi connectivity index (χ0) is 12.4. The van der Waals surface area contributed by atoms with Gasteiger partial charge in [-0.15, -0.1) is 0 Å². The second-order valence-electron chi connectivity index (χ2n) is 4.74.